The zero-order chi connectivity index (χ0) is 11.4. The monoisotopic (exact) mass is 225 g/mol. The van der Waals surface area contributed by atoms with Crippen molar-refractivity contribution in [2.24, 2.45) is 0 Å². The largest absolute Gasteiger partial charge is 0.339 e. The number of nitrogens with zero attached hydrogens (tertiary/aromatic N) is 2. The zero-order valence-corrected chi connectivity index (χ0v) is 10.2. The molecule has 2 aliphatic rings. The molecule has 1 atom stereocenters. The summed E-state index contributed by atoms with van der Waals surface area (Å²) in [5, 5.41) is 3.34. The molecule has 16 heavy (non-hydrogen) atoms. The van der Waals surface area contributed by atoms with Crippen LogP contribution in [0.25, 0.3) is 0 Å². The molecule has 0 bridgehead atoms. The van der Waals surface area contributed by atoms with Crippen molar-refractivity contribution in [1.82, 2.24) is 15.1 Å². The van der Waals surface area contributed by atoms with Gasteiger partial charge in [0.2, 0.25) is 5.91 Å². The van der Waals surface area contributed by atoms with Gasteiger partial charge < -0.3 is 15.1 Å². The van der Waals surface area contributed by atoms with Crippen LogP contribution in [0.15, 0.2) is 0 Å². The fourth-order valence-corrected chi connectivity index (χ4v) is 2.57. The van der Waals surface area contributed by atoms with Gasteiger partial charge in [-0.25, -0.2) is 0 Å². The third kappa shape index (κ3) is 2.74. The molecule has 0 aromatic carbocycles. The minimum atomic E-state index is 0.0990. The van der Waals surface area contributed by atoms with E-state index in [4.69, 9.17) is 0 Å². The molecule has 0 radical (unpaired) electrons. The quantitative estimate of drug-likeness (QED) is 0.734. The minimum absolute atomic E-state index is 0.0990. The first-order valence-corrected chi connectivity index (χ1v) is 6.56. The lowest BCUT2D eigenvalue weighted by Crippen LogP contribution is -2.54. The highest BCUT2D eigenvalue weighted by Crippen LogP contribution is 2.11. The first-order valence-electron chi connectivity index (χ1n) is 6.56. The normalized spacial score (nSPS) is 28.1. The van der Waals surface area contributed by atoms with Gasteiger partial charge in [0.05, 0.1) is 6.04 Å². The zero-order valence-electron chi connectivity index (χ0n) is 10.2. The third-order valence-electron chi connectivity index (χ3n) is 3.74. The van der Waals surface area contributed by atoms with E-state index in [0.717, 1.165) is 45.7 Å². The maximum Gasteiger partial charge on any atom is 0.239 e. The Hall–Kier alpha value is -0.610. The van der Waals surface area contributed by atoms with Crippen molar-refractivity contribution in [3.8, 4) is 0 Å². The molecule has 2 heterocycles. The molecule has 0 aromatic rings. The van der Waals surface area contributed by atoms with Gasteiger partial charge in [-0.2, -0.15) is 0 Å². The first kappa shape index (κ1) is 11.9. The van der Waals surface area contributed by atoms with E-state index in [0.29, 0.717) is 5.91 Å². The van der Waals surface area contributed by atoms with Crippen LogP contribution in [0, 0.1) is 0 Å². The van der Waals surface area contributed by atoms with Gasteiger partial charge in [0, 0.05) is 26.2 Å². The molecular weight excluding hydrogens is 202 g/mol. The molecular formula is C12H23N3O. The smallest absolute Gasteiger partial charge is 0.239 e. The maximum atomic E-state index is 12.2. The van der Waals surface area contributed by atoms with E-state index in [1.54, 1.807) is 0 Å². The molecule has 2 rings (SSSR count). The van der Waals surface area contributed by atoms with Gasteiger partial charge in [0.15, 0.2) is 0 Å². The second-order valence-corrected chi connectivity index (χ2v) is 4.76. The third-order valence-corrected chi connectivity index (χ3v) is 3.74. The summed E-state index contributed by atoms with van der Waals surface area (Å²) >= 11 is 0. The SMILES string of the molecule is CCN1CCN(C(=O)C2CCCCN2)CC1. The maximum absolute atomic E-state index is 12.2. The first-order chi connectivity index (χ1) is 7.81. The number of likely N-dealkylation sites (N-methyl/N-ethyl adjacent to an activating group) is 1. The van der Waals surface area contributed by atoms with Crippen LogP contribution >= 0.6 is 0 Å². The predicted octanol–water partition coefficient (Wildman–Crippen LogP) is 0.293. The van der Waals surface area contributed by atoms with Crippen molar-refractivity contribution in [2.45, 2.75) is 32.2 Å². The molecule has 92 valence electrons. The van der Waals surface area contributed by atoms with E-state index < -0.39 is 0 Å². The molecule has 4 heteroatoms. The Morgan fingerprint density at radius 2 is 2.00 bits per heavy atom. The number of amides is 1. The van der Waals surface area contributed by atoms with Gasteiger partial charge in [0.1, 0.15) is 0 Å². The number of carbonyl (C=O) groups excluding carboxylic acids is 1. The molecule has 2 fully saturated rings. The lowest BCUT2D eigenvalue weighted by atomic mass is 10.0. The lowest BCUT2D eigenvalue weighted by molar-refractivity contribution is -0.135. The number of rotatable bonds is 2. The van der Waals surface area contributed by atoms with E-state index in [1.165, 1.54) is 12.8 Å². The van der Waals surface area contributed by atoms with Gasteiger partial charge >= 0.3 is 0 Å². The van der Waals surface area contributed by atoms with Crippen molar-refractivity contribution < 1.29 is 4.79 Å². The molecule has 4 nitrogen and oxygen atoms in total. The van der Waals surface area contributed by atoms with Crippen molar-refractivity contribution in [3.05, 3.63) is 0 Å². The summed E-state index contributed by atoms with van der Waals surface area (Å²) in [6.45, 7) is 8.18. The highest BCUT2D eigenvalue weighted by Gasteiger charge is 2.27. The minimum Gasteiger partial charge on any atom is -0.339 e. The number of piperidine rings is 1. The fourth-order valence-electron chi connectivity index (χ4n) is 2.57. The van der Waals surface area contributed by atoms with Crippen molar-refractivity contribution in [3.63, 3.8) is 0 Å². The van der Waals surface area contributed by atoms with Gasteiger partial charge in [-0.15, -0.1) is 0 Å². The standard InChI is InChI=1S/C12H23N3O/c1-2-14-7-9-15(10-8-14)12(16)11-5-3-4-6-13-11/h11,13H,2-10H2,1H3. The molecule has 2 saturated heterocycles. The highest BCUT2D eigenvalue weighted by atomic mass is 16.2. The van der Waals surface area contributed by atoms with Crippen LogP contribution in [0.4, 0.5) is 0 Å². The van der Waals surface area contributed by atoms with E-state index in [1.807, 2.05) is 4.90 Å². The lowest BCUT2D eigenvalue weighted by Gasteiger charge is -2.36. The second kappa shape index (κ2) is 5.64. The van der Waals surface area contributed by atoms with Crippen LogP contribution in [-0.4, -0.2) is 61.0 Å². The van der Waals surface area contributed by atoms with Crippen LogP contribution in [0.1, 0.15) is 26.2 Å². The van der Waals surface area contributed by atoms with Crippen LogP contribution in [0.2, 0.25) is 0 Å². The number of carbonyl (C=O) groups is 1. The van der Waals surface area contributed by atoms with Crippen LogP contribution < -0.4 is 5.32 Å². The molecule has 0 aromatic heterocycles. The summed E-state index contributed by atoms with van der Waals surface area (Å²) in [4.78, 5) is 16.6. The van der Waals surface area contributed by atoms with Gasteiger partial charge in [-0.3, -0.25) is 4.79 Å². The molecule has 1 N–H and O–H groups in total. The van der Waals surface area contributed by atoms with E-state index in [2.05, 4.69) is 17.1 Å². The fraction of sp³-hybridized carbons (Fsp3) is 0.917. The molecule has 2 aliphatic heterocycles. The van der Waals surface area contributed by atoms with Crippen molar-refractivity contribution in [2.75, 3.05) is 39.3 Å². The Balaban J connectivity index is 1.81. The van der Waals surface area contributed by atoms with Crippen LogP contribution in [0.3, 0.4) is 0 Å². The number of hydrogen-bond acceptors (Lipinski definition) is 3. The summed E-state index contributed by atoms with van der Waals surface area (Å²) in [5.41, 5.74) is 0. The number of piperazine rings is 1. The summed E-state index contributed by atoms with van der Waals surface area (Å²) < 4.78 is 0. The van der Waals surface area contributed by atoms with E-state index in [9.17, 15) is 4.79 Å². The predicted molar refractivity (Wildman–Crippen MR) is 64.3 cm³/mol. The summed E-state index contributed by atoms with van der Waals surface area (Å²) in [6, 6.07) is 0.0990. The van der Waals surface area contributed by atoms with Gasteiger partial charge in [0.25, 0.3) is 0 Å². The average Bonchev–Trinajstić information content (AvgIpc) is 2.39. The van der Waals surface area contributed by atoms with Crippen LogP contribution in [0.5, 0.6) is 0 Å². The topological polar surface area (TPSA) is 35.6 Å². The Morgan fingerprint density at radius 1 is 1.25 bits per heavy atom. The Kier molecular flexibility index (Phi) is 4.18. The molecule has 1 amide bonds. The molecule has 1 unspecified atom stereocenters. The summed E-state index contributed by atoms with van der Waals surface area (Å²) in [7, 11) is 0. The number of nitrogens with one attached hydrogen (secondary N) is 1. The summed E-state index contributed by atoms with van der Waals surface area (Å²) in [5.74, 6) is 0.329. The van der Waals surface area contributed by atoms with Gasteiger partial charge in [-0.1, -0.05) is 13.3 Å². The molecule has 0 aliphatic carbocycles. The van der Waals surface area contributed by atoms with Crippen molar-refractivity contribution >= 4 is 5.91 Å². The molecule has 0 spiro atoms. The van der Waals surface area contributed by atoms with Gasteiger partial charge in [-0.05, 0) is 25.9 Å². The van der Waals surface area contributed by atoms with Crippen molar-refractivity contribution in [1.29, 1.82) is 0 Å². The van der Waals surface area contributed by atoms with E-state index in [-0.39, 0.29) is 6.04 Å². The highest BCUT2D eigenvalue weighted by molar-refractivity contribution is 5.82. The second-order valence-electron chi connectivity index (χ2n) is 4.76. The number of hydrogen-bond donors (Lipinski definition) is 1. The Labute approximate surface area is 98.0 Å². The Morgan fingerprint density at radius 3 is 2.56 bits per heavy atom. The van der Waals surface area contributed by atoms with Crippen LogP contribution in [-0.2, 0) is 4.79 Å². The average molecular weight is 225 g/mol. The molecule has 0 saturated carbocycles. The Bertz CT molecular complexity index is 230. The van der Waals surface area contributed by atoms with E-state index >= 15 is 0 Å². The summed E-state index contributed by atoms with van der Waals surface area (Å²) in [6.07, 6.45) is 3.43.